The zero-order valence-corrected chi connectivity index (χ0v) is 13.3. The molecule has 1 rings (SSSR count). The van der Waals surface area contributed by atoms with Gasteiger partial charge in [-0.2, -0.15) is 0 Å². The molecule has 0 bridgehead atoms. The van der Waals surface area contributed by atoms with Crippen molar-refractivity contribution in [3.05, 3.63) is 28.2 Å². The topological polar surface area (TPSA) is 58.2 Å². The summed E-state index contributed by atoms with van der Waals surface area (Å²) in [4.78, 5) is 23.9. The van der Waals surface area contributed by atoms with Crippen LogP contribution in [0.2, 0.25) is 0 Å². The Hall–Kier alpha value is -1.01. The van der Waals surface area contributed by atoms with Crippen LogP contribution in [0.5, 0.6) is 0 Å². The van der Waals surface area contributed by atoms with Gasteiger partial charge in [0.05, 0.1) is 5.56 Å². The van der Waals surface area contributed by atoms with Gasteiger partial charge in [0, 0.05) is 28.4 Å². The number of halogens is 1. The molecule has 2 amide bonds. The van der Waals surface area contributed by atoms with E-state index in [9.17, 15) is 9.59 Å². The van der Waals surface area contributed by atoms with E-state index in [4.69, 9.17) is 0 Å². The third kappa shape index (κ3) is 5.65. The third-order valence-corrected chi connectivity index (χ3v) is 3.15. The fourth-order valence-electron chi connectivity index (χ4n) is 1.48. The Morgan fingerprint density at radius 2 is 2.05 bits per heavy atom. The second-order valence-electron chi connectivity index (χ2n) is 4.39. The van der Waals surface area contributed by atoms with E-state index in [0.717, 1.165) is 4.47 Å². The normalized spacial score (nSPS) is 10.4. The van der Waals surface area contributed by atoms with Crippen molar-refractivity contribution in [2.75, 3.05) is 6.54 Å². The Morgan fingerprint density at radius 3 is 2.63 bits per heavy atom. The highest BCUT2D eigenvalue weighted by Gasteiger charge is 2.10. The molecule has 0 heterocycles. The minimum Gasteiger partial charge on any atom is -0.354 e. The van der Waals surface area contributed by atoms with E-state index in [1.54, 1.807) is 18.2 Å². The summed E-state index contributed by atoms with van der Waals surface area (Å²) < 4.78 is 0.866. The second-order valence-corrected chi connectivity index (χ2v) is 5.79. The number of nitrogens with one attached hydrogen (secondary N) is 2. The molecule has 4 nitrogen and oxygen atoms in total. The molecule has 0 saturated heterocycles. The van der Waals surface area contributed by atoms with Crippen LogP contribution < -0.4 is 10.6 Å². The molecule has 0 radical (unpaired) electrons. The number of rotatable bonds is 5. The quantitative estimate of drug-likeness (QED) is 0.718. The van der Waals surface area contributed by atoms with Gasteiger partial charge in [-0.1, -0.05) is 15.9 Å². The van der Waals surface area contributed by atoms with Crippen LogP contribution in [-0.4, -0.2) is 24.4 Å². The van der Waals surface area contributed by atoms with Gasteiger partial charge in [0.1, 0.15) is 0 Å². The van der Waals surface area contributed by atoms with Crippen molar-refractivity contribution in [3.8, 4) is 0 Å². The monoisotopic (exact) mass is 344 g/mol. The van der Waals surface area contributed by atoms with Crippen LogP contribution in [0.15, 0.2) is 27.6 Å². The Morgan fingerprint density at radius 1 is 1.37 bits per heavy atom. The first-order valence-electron chi connectivity index (χ1n) is 5.96. The fourth-order valence-corrected chi connectivity index (χ4v) is 2.33. The SMILES string of the molecule is CC(C)NC(=O)CCNC(=O)c1ccc(Br)cc1S. The molecule has 0 fully saturated rings. The van der Waals surface area contributed by atoms with Crippen molar-refractivity contribution in [2.24, 2.45) is 0 Å². The maximum atomic E-state index is 11.9. The molecular formula is C13H17BrN2O2S. The highest BCUT2D eigenvalue weighted by atomic mass is 79.9. The molecule has 0 saturated carbocycles. The molecule has 0 spiro atoms. The van der Waals surface area contributed by atoms with Crippen molar-refractivity contribution in [1.82, 2.24) is 10.6 Å². The van der Waals surface area contributed by atoms with Gasteiger partial charge in [0.15, 0.2) is 0 Å². The first kappa shape index (κ1) is 16.0. The molecule has 0 aliphatic carbocycles. The van der Waals surface area contributed by atoms with Gasteiger partial charge in [0.2, 0.25) is 5.91 Å². The lowest BCUT2D eigenvalue weighted by molar-refractivity contribution is -0.121. The van der Waals surface area contributed by atoms with E-state index in [0.29, 0.717) is 17.0 Å². The Labute approximate surface area is 126 Å². The first-order chi connectivity index (χ1) is 8.90. The number of benzene rings is 1. The van der Waals surface area contributed by atoms with E-state index >= 15 is 0 Å². The zero-order chi connectivity index (χ0) is 14.4. The summed E-state index contributed by atoms with van der Waals surface area (Å²) in [5.41, 5.74) is 0.496. The summed E-state index contributed by atoms with van der Waals surface area (Å²) in [6.07, 6.45) is 0.266. The van der Waals surface area contributed by atoms with Crippen molar-refractivity contribution in [2.45, 2.75) is 31.2 Å². The number of thiol groups is 1. The van der Waals surface area contributed by atoms with Crippen LogP contribution in [0.3, 0.4) is 0 Å². The summed E-state index contributed by atoms with van der Waals surface area (Å²) in [7, 11) is 0. The molecule has 1 aromatic rings. The average molecular weight is 345 g/mol. The van der Waals surface area contributed by atoms with E-state index in [2.05, 4.69) is 39.2 Å². The second kappa shape index (κ2) is 7.55. The maximum absolute atomic E-state index is 11.9. The molecule has 19 heavy (non-hydrogen) atoms. The van der Waals surface area contributed by atoms with Crippen molar-refractivity contribution >= 4 is 40.4 Å². The van der Waals surface area contributed by atoms with Crippen molar-refractivity contribution in [1.29, 1.82) is 0 Å². The van der Waals surface area contributed by atoms with Gasteiger partial charge in [-0.3, -0.25) is 9.59 Å². The van der Waals surface area contributed by atoms with Crippen LogP contribution in [0, 0.1) is 0 Å². The minimum absolute atomic E-state index is 0.0720. The number of hydrogen-bond donors (Lipinski definition) is 3. The summed E-state index contributed by atoms with van der Waals surface area (Å²) in [6.45, 7) is 4.09. The van der Waals surface area contributed by atoms with Gasteiger partial charge >= 0.3 is 0 Å². The van der Waals surface area contributed by atoms with E-state index in [-0.39, 0.29) is 24.3 Å². The van der Waals surface area contributed by atoms with Gasteiger partial charge in [0.25, 0.3) is 5.91 Å². The highest BCUT2D eigenvalue weighted by Crippen LogP contribution is 2.19. The smallest absolute Gasteiger partial charge is 0.252 e. The van der Waals surface area contributed by atoms with Crippen LogP contribution in [-0.2, 0) is 4.79 Å². The fraction of sp³-hybridized carbons (Fsp3) is 0.385. The van der Waals surface area contributed by atoms with E-state index < -0.39 is 0 Å². The van der Waals surface area contributed by atoms with Crippen LogP contribution in [0.25, 0.3) is 0 Å². The lowest BCUT2D eigenvalue weighted by Gasteiger charge is -2.09. The van der Waals surface area contributed by atoms with Crippen LogP contribution in [0.4, 0.5) is 0 Å². The Bertz CT molecular complexity index is 478. The molecule has 6 heteroatoms. The molecule has 2 N–H and O–H groups in total. The average Bonchev–Trinajstić information content (AvgIpc) is 2.27. The summed E-state index contributed by atoms with van der Waals surface area (Å²) in [5.74, 6) is -0.299. The lowest BCUT2D eigenvalue weighted by Crippen LogP contribution is -2.34. The zero-order valence-electron chi connectivity index (χ0n) is 10.9. The van der Waals surface area contributed by atoms with Gasteiger partial charge in [-0.05, 0) is 32.0 Å². The molecule has 0 aliphatic heterocycles. The van der Waals surface area contributed by atoms with Gasteiger partial charge in [-0.15, -0.1) is 12.6 Å². The largest absolute Gasteiger partial charge is 0.354 e. The molecule has 0 aliphatic rings. The van der Waals surface area contributed by atoms with E-state index in [1.807, 2.05) is 13.8 Å². The Balaban J connectivity index is 2.45. The number of carbonyl (C=O) groups is 2. The van der Waals surface area contributed by atoms with Crippen LogP contribution >= 0.6 is 28.6 Å². The minimum atomic E-state index is -0.227. The van der Waals surface area contributed by atoms with E-state index in [1.165, 1.54) is 0 Å². The van der Waals surface area contributed by atoms with Crippen molar-refractivity contribution in [3.63, 3.8) is 0 Å². The van der Waals surface area contributed by atoms with Crippen LogP contribution in [0.1, 0.15) is 30.6 Å². The maximum Gasteiger partial charge on any atom is 0.252 e. The third-order valence-electron chi connectivity index (χ3n) is 2.29. The highest BCUT2D eigenvalue weighted by molar-refractivity contribution is 9.10. The first-order valence-corrected chi connectivity index (χ1v) is 7.20. The molecule has 0 unspecified atom stereocenters. The number of carbonyl (C=O) groups excluding carboxylic acids is 2. The standard InChI is InChI=1S/C13H17BrN2O2S/c1-8(2)16-12(17)5-6-15-13(18)10-4-3-9(14)7-11(10)19/h3-4,7-8,19H,5-6H2,1-2H3,(H,15,18)(H,16,17). The molecular weight excluding hydrogens is 328 g/mol. The summed E-state index contributed by atoms with van der Waals surface area (Å²) >= 11 is 7.55. The Kier molecular flexibility index (Phi) is 6.37. The van der Waals surface area contributed by atoms with Gasteiger partial charge in [-0.25, -0.2) is 0 Å². The summed E-state index contributed by atoms with van der Waals surface area (Å²) in [5, 5.41) is 5.46. The predicted octanol–water partition coefficient (Wildman–Crippen LogP) is 2.38. The summed E-state index contributed by atoms with van der Waals surface area (Å²) in [6, 6.07) is 5.33. The lowest BCUT2D eigenvalue weighted by atomic mass is 10.2. The number of amides is 2. The molecule has 1 aromatic carbocycles. The number of hydrogen-bond acceptors (Lipinski definition) is 3. The molecule has 0 atom stereocenters. The van der Waals surface area contributed by atoms with Gasteiger partial charge < -0.3 is 10.6 Å². The molecule has 0 aromatic heterocycles. The predicted molar refractivity (Wildman–Crippen MR) is 81.6 cm³/mol. The van der Waals surface area contributed by atoms with Crippen molar-refractivity contribution < 1.29 is 9.59 Å². The molecule has 104 valence electrons.